The van der Waals surface area contributed by atoms with Crippen molar-refractivity contribution in [2.45, 2.75) is 72.1 Å². The van der Waals surface area contributed by atoms with Crippen LogP contribution >= 0.6 is 21.6 Å². The van der Waals surface area contributed by atoms with Crippen molar-refractivity contribution >= 4 is 26.5 Å². The van der Waals surface area contributed by atoms with Crippen LogP contribution in [0, 0.1) is 0 Å². The normalized spacial score (nSPS) is 15.2. The fourth-order valence-electron chi connectivity index (χ4n) is 3.61. The van der Waals surface area contributed by atoms with Crippen molar-refractivity contribution in [2.24, 2.45) is 0 Å². The lowest BCUT2D eigenvalue weighted by Crippen LogP contribution is -2.02. The van der Waals surface area contributed by atoms with Gasteiger partial charge in [-0.1, -0.05) is 66.5 Å². The molecular formula is C20H30S2. The van der Waals surface area contributed by atoms with Gasteiger partial charge in [0.25, 0.3) is 0 Å². The third kappa shape index (κ3) is 4.14. The monoisotopic (exact) mass is 334 g/mol. The van der Waals surface area contributed by atoms with Crippen LogP contribution in [0.5, 0.6) is 0 Å². The molecule has 0 spiro atoms. The van der Waals surface area contributed by atoms with Gasteiger partial charge >= 0.3 is 0 Å². The van der Waals surface area contributed by atoms with E-state index in [-0.39, 0.29) is 0 Å². The first-order chi connectivity index (χ1) is 10.7. The van der Waals surface area contributed by atoms with Crippen LogP contribution in [-0.4, -0.2) is 6.26 Å². The molecule has 0 unspecified atom stereocenters. The van der Waals surface area contributed by atoms with E-state index in [9.17, 15) is 0 Å². The van der Waals surface area contributed by atoms with E-state index in [4.69, 9.17) is 0 Å². The predicted octanol–water partition coefficient (Wildman–Crippen LogP) is 7.06. The Bertz CT molecular complexity index is 496. The molecule has 2 rings (SSSR count). The SMILES string of the molecule is CCc1cc(C(SSC)=C2CCCCC2)cc(CC)c1CC. The summed E-state index contributed by atoms with van der Waals surface area (Å²) in [4.78, 5) is 1.57. The zero-order valence-electron chi connectivity index (χ0n) is 14.6. The zero-order valence-corrected chi connectivity index (χ0v) is 16.3. The minimum atomic E-state index is 1.15. The molecule has 1 aromatic carbocycles. The molecule has 1 aliphatic rings. The van der Waals surface area contributed by atoms with E-state index < -0.39 is 0 Å². The average molecular weight is 335 g/mol. The average Bonchev–Trinajstić information content (AvgIpc) is 2.59. The second kappa shape index (κ2) is 9.08. The summed E-state index contributed by atoms with van der Waals surface area (Å²) in [6, 6.07) is 4.97. The molecule has 22 heavy (non-hydrogen) atoms. The molecular weight excluding hydrogens is 304 g/mol. The molecule has 122 valence electrons. The molecule has 0 heterocycles. The van der Waals surface area contributed by atoms with Crippen LogP contribution in [-0.2, 0) is 19.3 Å². The highest BCUT2D eigenvalue weighted by molar-refractivity contribution is 8.79. The Kier molecular flexibility index (Phi) is 7.43. The summed E-state index contributed by atoms with van der Waals surface area (Å²) < 4.78 is 0. The van der Waals surface area contributed by atoms with Gasteiger partial charge in [-0.05, 0) is 73.5 Å². The number of hydrogen-bond donors (Lipinski definition) is 0. The Hall–Kier alpha value is -0.340. The quantitative estimate of drug-likeness (QED) is 0.511. The Labute approximate surface area is 144 Å². The van der Waals surface area contributed by atoms with Crippen LogP contribution in [0.25, 0.3) is 4.91 Å². The lowest BCUT2D eigenvalue weighted by atomic mass is 9.89. The van der Waals surface area contributed by atoms with Crippen molar-refractivity contribution in [1.29, 1.82) is 0 Å². The third-order valence-corrected chi connectivity index (χ3v) is 6.61. The summed E-state index contributed by atoms with van der Waals surface area (Å²) >= 11 is 0. The van der Waals surface area contributed by atoms with Gasteiger partial charge in [0.1, 0.15) is 0 Å². The molecule has 0 amide bonds. The second-order valence-corrected chi connectivity index (χ2v) is 8.49. The van der Waals surface area contributed by atoms with Crippen molar-refractivity contribution in [3.8, 4) is 0 Å². The van der Waals surface area contributed by atoms with Crippen molar-refractivity contribution in [2.75, 3.05) is 6.26 Å². The zero-order chi connectivity index (χ0) is 15.9. The van der Waals surface area contributed by atoms with Crippen molar-refractivity contribution in [3.05, 3.63) is 40.0 Å². The van der Waals surface area contributed by atoms with Gasteiger partial charge in [-0.25, -0.2) is 0 Å². The van der Waals surface area contributed by atoms with Gasteiger partial charge in [-0.3, -0.25) is 0 Å². The van der Waals surface area contributed by atoms with Gasteiger partial charge in [-0.2, -0.15) is 0 Å². The molecule has 0 N–H and O–H groups in total. The molecule has 1 saturated carbocycles. The van der Waals surface area contributed by atoms with Gasteiger partial charge in [0, 0.05) is 4.91 Å². The number of hydrogen-bond acceptors (Lipinski definition) is 2. The summed E-state index contributed by atoms with van der Waals surface area (Å²) in [7, 11) is 3.88. The van der Waals surface area contributed by atoms with Crippen LogP contribution < -0.4 is 0 Å². The van der Waals surface area contributed by atoms with Crippen LogP contribution in [0.15, 0.2) is 17.7 Å². The first kappa shape index (κ1) is 18.0. The molecule has 1 aliphatic carbocycles. The van der Waals surface area contributed by atoms with E-state index in [1.807, 2.05) is 21.6 Å². The number of benzene rings is 1. The maximum Gasteiger partial charge on any atom is 0.0247 e. The largest absolute Gasteiger partial charge is 0.0924 e. The Morgan fingerprint density at radius 3 is 1.95 bits per heavy atom. The van der Waals surface area contributed by atoms with E-state index in [0.29, 0.717) is 0 Å². The van der Waals surface area contributed by atoms with Gasteiger partial charge in [-0.15, -0.1) is 0 Å². The van der Waals surface area contributed by atoms with Gasteiger partial charge < -0.3 is 0 Å². The maximum absolute atomic E-state index is 2.48. The molecule has 0 aromatic heterocycles. The highest BCUT2D eigenvalue weighted by Crippen LogP contribution is 2.43. The van der Waals surface area contributed by atoms with Gasteiger partial charge in [0.2, 0.25) is 0 Å². The molecule has 1 aromatic rings. The summed E-state index contributed by atoms with van der Waals surface area (Å²) in [5.41, 5.74) is 7.91. The minimum Gasteiger partial charge on any atom is -0.0924 e. The van der Waals surface area contributed by atoms with Gasteiger partial charge in [0.05, 0.1) is 0 Å². The Morgan fingerprint density at radius 2 is 1.50 bits per heavy atom. The van der Waals surface area contributed by atoms with Crippen LogP contribution in [0.4, 0.5) is 0 Å². The fraction of sp³-hybridized carbons (Fsp3) is 0.600. The standard InChI is InChI=1S/C20H30S2/c1-5-15-13-18(14-16(6-2)19(15)7-3)20(22-21-4)17-11-9-8-10-12-17/h13-14H,5-12H2,1-4H3. The first-order valence-corrected chi connectivity index (χ1v) is 11.4. The van der Waals surface area contributed by atoms with E-state index >= 15 is 0 Å². The summed E-state index contributed by atoms with van der Waals surface area (Å²) in [6.07, 6.45) is 12.4. The maximum atomic E-state index is 2.48. The molecule has 0 atom stereocenters. The van der Waals surface area contributed by atoms with E-state index in [1.54, 1.807) is 27.2 Å². The second-order valence-electron chi connectivity index (χ2n) is 6.08. The molecule has 0 aliphatic heterocycles. The van der Waals surface area contributed by atoms with Gasteiger partial charge in [0.15, 0.2) is 0 Å². The lowest BCUT2D eigenvalue weighted by Gasteiger charge is -2.21. The molecule has 0 nitrogen and oxygen atoms in total. The number of rotatable bonds is 6. The molecule has 2 heteroatoms. The molecule has 0 saturated heterocycles. The minimum absolute atomic E-state index is 1.15. The fourth-order valence-corrected chi connectivity index (χ4v) is 5.46. The lowest BCUT2D eigenvalue weighted by molar-refractivity contribution is 0.602. The summed E-state index contributed by atoms with van der Waals surface area (Å²) in [5, 5.41) is 0. The van der Waals surface area contributed by atoms with E-state index in [1.165, 1.54) is 37.7 Å². The van der Waals surface area contributed by atoms with E-state index in [0.717, 1.165) is 19.3 Å². The van der Waals surface area contributed by atoms with Crippen LogP contribution in [0.3, 0.4) is 0 Å². The van der Waals surface area contributed by atoms with Crippen LogP contribution in [0.1, 0.15) is 75.1 Å². The Balaban J connectivity index is 2.51. The van der Waals surface area contributed by atoms with Crippen molar-refractivity contribution < 1.29 is 0 Å². The third-order valence-electron chi connectivity index (χ3n) is 4.76. The molecule has 1 fully saturated rings. The van der Waals surface area contributed by atoms with E-state index in [2.05, 4.69) is 39.2 Å². The first-order valence-electron chi connectivity index (χ1n) is 8.82. The highest BCUT2D eigenvalue weighted by atomic mass is 33.1. The number of allylic oxidation sites excluding steroid dienone is 1. The summed E-state index contributed by atoms with van der Waals surface area (Å²) in [5.74, 6) is 0. The highest BCUT2D eigenvalue weighted by Gasteiger charge is 2.16. The topological polar surface area (TPSA) is 0 Å². The van der Waals surface area contributed by atoms with Crippen molar-refractivity contribution in [1.82, 2.24) is 0 Å². The molecule has 0 bridgehead atoms. The summed E-state index contributed by atoms with van der Waals surface area (Å²) in [6.45, 7) is 6.89. The van der Waals surface area contributed by atoms with Crippen LogP contribution in [0.2, 0.25) is 0 Å². The smallest absolute Gasteiger partial charge is 0.0247 e. The number of aryl methyl sites for hydroxylation is 2. The predicted molar refractivity (Wildman–Crippen MR) is 106 cm³/mol. The van der Waals surface area contributed by atoms with Crippen molar-refractivity contribution in [3.63, 3.8) is 0 Å². The molecule has 0 radical (unpaired) electrons. The Morgan fingerprint density at radius 1 is 0.909 bits per heavy atom.